The van der Waals surface area contributed by atoms with E-state index in [-0.39, 0.29) is 17.9 Å². The number of nitrogens with zero attached hydrogens (tertiary/aromatic N) is 4. The fourth-order valence-corrected chi connectivity index (χ4v) is 3.49. The molecule has 2 atom stereocenters. The van der Waals surface area contributed by atoms with Crippen LogP contribution in [0.25, 0.3) is 11.5 Å². The highest BCUT2D eigenvalue weighted by atomic mass is 16.5. The maximum absolute atomic E-state index is 12.5. The van der Waals surface area contributed by atoms with E-state index in [1.807, 2.05) is 17.0 Å². The molecule has 1 amide bonds. The predicted octanol–water partition coefficient (Wildman–Crippen LogP) is 2.41. The van der Waals surface area contributed by atoms with Crippen LogP contribution in [0.1, 0.15) is 43.9 Å². The van der Waals surface area contributed by atoms with Crippen molar-refractivity contribution in [1.29, 1.82) is 0 Å². The molecule has 0 radical (unpaired) electrons. The molecule has 132 valence electrons. The molecule has 0 N–H and O–H groups in total. The topological polar surface area (TPSA) is 81.4 Å². The quantitative estimate of drug-likeness (QED) is 0.849. The van der Waals surface area contributed by atoms with E-state index >= 15 is 0 Å². The Hall–Kier alpha value is -2.28. The number of carbonyl (C=O) groups is 1. The second-order valence-electron chi connectivity index (χ2n) is 6.71. The number of rotatable bonds is 4. The summed E-state index contributed by atoms with van der Waals surface area (Å²) in [6.07, 6.45) is 8.07. The minimum atomic E-state index is 0.0842. The van der Waals surface area contributed by atoms with Gasteiger partial charge in [-0.25, -0.2) is 0 Å². The first-order valence-electron chi connectivity index (χ1n) is 8.93. The number of amides is 1. The van der Waals surface area contributed by atoms with Crippen LogP contribution in [-0.2, 0) is 9.53 Å². The van der Waals surface area contributed by atoms with Gasteiger partial charge in [-0.1, -0.05) is 0 Å². The third kappa shape index (κ3) is 3.71. The van der Waals surface area contributed by atoms with E-state index in [0.29, 0.717) is 24.7 Å². The van der Waals surface area contributed by atoms with Gasteiger partial charge in [0, 0.05) is 32.1 Å². The second kappa shape index (κ2) is 7.31. The molecule has 4 rings (SSSR count). The Bertz CT molecular complexity index is 712. The van der Waals surface area contributed by atoms with Gasteiger partial charge in [-0.3, -0.25) is 9.78 Å². The molecule has 2 aliphatic heterocycles. The van der Waals surface area contributed by atoms with Crippen LogP contribution in [0.5, 0.6) is 0 Å². The van der Waals surface area contributed by atoms with Gasteiger partial charge in [0.05, 0.1) is 24.0 Å². The van der Waals surface area contributed by atoms with E-state index in [0.717, 1.165) is 44.4 Å². The number of aromatic nitrogens is 3. The second-order valence-corrected chi connectivity index (χ2v) is 6.71. The fourth-order valence-electron chi connectivity index (χ4n) is 3.49. The Morgan fingerprint density at radius 3 is 3.04 bits per heavy atom. The molecular formula is C18H22N4O3. The summed E-state index contributed by atoms with van der Waals surface area (Å²) in [5.74, 6) is 1.35. The number of hydrogen-bond acceptors (Lipinski definition) is 6. The molecule has 0 aromatic carbocycles. The normalized spacial score (nSPS) is 23.8. The van der Waals surface area contributed by atoms with E-state index in [4.69, 9.17) is 9.15 Å². The van der Waals surface area contributed by atoms with Crippen molar-refractivity contribution in [2.45, 2.75) is 44.1 Å². The first kappa shape index (κ1) is 16.2. The van der Waals surface area contributed by atoms with E-state index in [9.17, 15) is 4.79 Å². The van der Waals surface area contributed by atoms with Crippen LogP contribution in [0.3, 0.4) is 0 Å². The van der Waals surface area contributed by atoms with Crippen LogP contribution >= 0.6 is 0 Å². The monoisotopic (exact) mass is 342 g/mol. The van der Waals surface area contributed by atoms with Gasteiger partial charge in [0.1, 0.15) is 0 Å². The molecule has 0 aliphatic carbocycles. The maximum atomic E-state index is 12.5. The number of pyridine rings is 1. The van der Waals surface area contributed by atoms with Gasteiger partial charge < -0.3 is 14.1 Å². The first-order chi connectivity index (χ1) is 12.3. The first-order valence-corrected chi connectivity index (χ1v) is 8.93. The average molecular weight is 342 g/mol. The van der Waals surface area contributed by atoms with Crippen LogP contribution < -0.4 is 0 Å². The molecule has 7 heteroatoms. The van der Waals surface area contributed by atoms with Crippen molar-refractivity contribution < 1.29 is 13.9 Å². The molecule has 2 aromatic rings. The summed E-state index contributed by atoms with van der Waals surface area (Å²) in [5.41, 5.74) is 0.807. The van der Waals surface area contributed by atoms with Crippen molar-refractivity contribution in [1.82, 2.24) is 20.1 Å². The molecular weight excluding hydrogens is 320 g/mol. The molecule has 7 nitrogen and oxygen atoms in total. The Balaban J connectivity index is 1.36. The molecule has 4 heterocycles. The standard InChI is InChI=1S/C18H22N4O3/c23-16(10-15-5-1-2-9-24-15)22-8-6-14(12-22)18-21-20-17(25-18)13-4-3-7-19-11-13/h3-4,7,11,14-15H,1-2,5-6,8-10,12H2. The lowest BCUT2D eigenvalue weighted by molar-refractivity contribution is -0.134. The number of hydrogen-bond donors (Lipinski definition) is 0. The predicted molar refractivity (Wildman–Crippen MR) is 89.7 cm³/mol. The average Bonchev–Trinajstić information content (AvgIpc) is 3.33. The van der Waals surface area contributed by atoms with Crippen LogP contribution in [0.15, 0.2) is 28.9 Å². The van der Waals surface area contributed by atoms with Crippen molar-refractivity contribution in [3.05, 3.63) is 30.4 Å². The van der Waals surface area contributed by atoms with Crippen LogP contribution in [-0.4, -0.2) is 51.8 Å². The van der Waals surface area contributed by atoms with E-state index in [1.165, 1.54) is 0 Å². The van der Waals surface area contributed by atoms with Gasteiger partial charge in [-0.15, -0.1) is 10.2 Å². The lowest BCUT2D eigenvalue weighted by Gasteiger charge is -2.24. The Morgan fingerprint density at radius 1 is 1.28 bits per heavy atom. The lowest BCUT2D eigenvalue weighted by atomic mass is 10.1. The van der Waals surface area contributed by atoms with E-state index in [1.54, 1.807) is 12.4 Å². The molecule has 0 saturated carbocycles. The highest BCUT2D eigenvalue weighted by Crippen LogP contribution is 2.29. The third-order valence-electron chi connectivity index (χ3n) is 4.92. The van der Waals surface area contributed by atoms with E-state index in [2.05, 4.69) is 15.2 Å². The fraction of sp³-hybridized carbons (Fsp3) is 0.556. The molecule has 0 spiro atoms. The molecule has 2 saturated heterocycles. The Morgan fingerprint density at radius 2 is 2.24 bits per heavy atom. The molecule has 2 unspecified atom stereocenters. The minimum absolute atomic E-state index is 0.0842. The summed E-state index contributed by atoms with van der Waals surface area (Å²) in [5, 5.41) is 8.29. The molecule has 2 aliphatic rings. The zero-order chi connectivity index (χ0) is 17.1. The number of carbonyl (C=O) groups excluding carboxylic acids is 1. The summed E-state index contributed by atoms with van der Waals surface area (Å²) in [7, 11) is 0. The van der Waals surface area contributed by atoms with Crippen LogP contribution in [0.2, 0.25) is 0 Å². The summed E-state index contributed by atoms with van der Waals surface area (Å²) in [4.78, 5) is 18.5. The SMILES string of the molecule is O=C(CC1CCCCO1)N1CCC(c2nnc(-c3cccnc3)o2)C1. The summed E-state index contributed by atoms with van der Waals surface area (Å²) >= 11 is 0. The van der Waals surface area contributed by atoms with Crippen molar-refractivity contribution in [2.75, 3.05) is 19.7 Å². The van der Waals surface area contributed by atoms with Crippen molar-refractivity contribution in [2.24, 2.45) is 0 Å². The van der Waals surface area contributed by atoms with Gasteiger partial charge >= 0.3 is 0 Å². The number of ether oxygens (including phenoxy) is 1. The maximum Gasteiger partial charge on any atom is 0.249 e. The largest absolute Gasteiger partial charge is 0.420 e. The highest BCUT2D eigenvalue weighted by Gasteiger charge is 2.32. The summed E-state index contributed by atoms with van der Waals surface area (Å²) < 4.78 is 11.5. The van der Waals surface area contributed by atoms with Gasteiger partial charge in [-0.2, -0.15) is 0 Å². The molecule has 25 heavy (non-hydrogen) atoms. The van der Waals surface area contributed by atoms with Crippen LogP contribution in [0.4, 0.5) is 0 Å². The van der Waals surface area contributed by atoms with Gasteiger partial charge in [-0.05, 0) is 37.8 Å². The molecule has 0 bridgehead atoms. The smallest absolute Gasteiger partial charge is 0.249 e. The Labute approximate surface area is 146 Å². The van der Waals surface area contributed by atoms with Crippen molar-refractivity contribution >= 4 is 5.91 Å². The zero-order valence-electron chi connectivity index (χ0n) is 14.1. The number of likely N-dealkylation sites (tertiary alicyclic amines) is 1. The summed E-state index contributed by atoms with van der Waals surface area (Å²) in [6.45, 7) is 2.15. The van der Waals surface area contributed by atoms with E-state index < -0.39 is 0 Å². The van der Waals surface area contributed by atoms with Crippen molar-refractivity contribution in [3.63, 3.8) is 0 Å². The van der Waals surface area contributed by atoms with Gasteiger partial charge in [0.15, 0.2) is 0 Å². The zero-order valence-corrected chi connectivity index (χ0v) is 14.1. The lowest BCUT2D eigenvalue weighted by Crippen LogP contribution is -2.33. The van der Waals surface area contributed by atoms with Gasteiger partial charge in [0.25, 0.3) is 0 Å². The Kier molecular flexibility index (Phi) is 4.74. The molecule has 2 fully saturated rings. The molecule has 2 aromatic heterocycles. The third-order valence-corrected chi connectivity index (χ3v) is 4.92. The summed E-state index contributed by atoms with van der Waals surface area (Å²) in [6, 6.07) is 3.72. The van der Waals surface area contributed by atoms with Gasteiger partial charge in [0.2, 0.25) is 17.7 Å². The van der Waals surface area contributed by atoms with Crippen LogP contribution in [0, 0.1) is 0 Å². The van der Waals surface area contributed by atoms with Crippen molar-refractivity contribution in [3.8, 4) is 11.5 Å². The minimum Gasteiger partial charge on any atom is -0.420 e. The highest BCUT2D eigenvalue weighted by molar-refractivity contribution is 5.77.